The zero-order chi connectivity index (χ0) is 21.0. The van der Waals surface area contributed by atoms with Gasteiger partial charge in [0, 0.05) is 30.2 Å². The van der Waals surface area contributed by atoms with E-state index >= 15 is 0 Å². The Bertz CT molecular complexity index is 1130. The second-order valence-electron chi connectivity index (χ2n) is 6.67. The molecule has 3 rings (SSSR count). The first kappa shape index (κ1) is 20.8. The molecule has 1 aromatic heterocycles. The standard InChI is InChI=1S/C21H20ClN3O3S/c1-14-8-15(2)10-18(9-14)25-29(27,28)20-11-17(5-6-19(20)22)21(26)24-13-16-4-3-7-23-12-16/h3-12,25H,13H2,1-2H3,(H,24,26). The van der Waals surface area contributed by atoms with Crippen molar-refractivity contribution < 1.29 is 13.2 Å². The summed E-state index contributed by atoms with van der Waals surface area (Å²) in [5.41, 5.74) is 3.32. The number of hydrogen-bond acceptors (Lipinski definition) is 4. The molecule has 2 N–H and O–H groups in total. The monoisotopic (exact) mass is 429 g/mol. The van der Waals surface area contributed by atoms with Crippen LogP contribution in [-0.4, -0.2) is 19.3 Å². The van der Waals surface area contributed by atoms with Gasteiger partial charge in [-0.15, -0.1) is 0 Å². The van der Waals surface area contributed by atoms with Crippen LogP contribution >= 0.6 is 11.6 Å². The Morgan fingerprint density at radius 1 is 1.07 bits per heavy atom. The largest absolute Gasteiger partial charge is 0.348 e. The van der Waals surface area contributed by atoms with Gasteiger partial charge in [0.2, 0.25) is 0 Å². The molecule has 0 unspecified atom stereocenters. The minimum atomic E-state index is -3.97. The predicted molar refractivity (Wildman–Crippen MR) is 114 cm³/mol. The SMILES string of the molecule is Cc1cc(C)cc(NS(=O)(=O)c2cc(C(=O)NCc3cccnc3)ccc2Cl)c1. The van der Waals surface area contributed by atoms with Crippen LogP contribution in [0.2, 0.25) is 5.02 Å². The normalized spacial score (nSPS) is 11.1. The van der Waals surface area contributed by atoms with Crippen molar-refractivity contribution in [2.75, 3.05) is 4.72 Å². The number of sulfonamides is 1. The third kappa shape index (κ3) is 5.34. The lowest BCUT2D eigenvalue weighted by Crippen LogP contribution is -2.23. The number of carbonyl (C=O) groups is 1. The Labute approximate surface area is 175 Å². The molecule has 0 saturated heterocycles. The fourth-order valence-corrected chi connectivity index (χ4v) is 4.45. The van der Waals surface area contributed by atoms with Crippen molar-refractivity contribution in [1.29, 1.82) is 0 Å². The first-order valence-corrected chi connectivity index (χ1v) is 10.7. The van der Waals surface area contributed by atoms with Crippen LogP contribution in [0, 0.1) is 13.8 Å². The van der Waals surface area contributed by atoms with Gasteiger partial charge < -0.3 is 5.32 Å². The van der Waals surface area contributed by atoms with Gasteiger partial charge >= 0.3 is 0 Å². The Balaban J connectivity index is 1.82. The molecule has 0 saturated carbocycles. The summed E-state index contributed by atoms with van der Waals surface area (Å²) in [7, 11) is -3.97. The molecular weight excluding hydrogens is 410 g/mol. The molecule has 0 aliphatic heterocycles. The van der Waals surface area contributed by atoms with Crippen molar-refractivity contribution in [3.8, 4) is 0 Å². The molecule has 150 valence electrons. The maximum absolute atomic E-state index is 12.9. The number of rotatable bonds is 6. The van der Waals surface area contributed by atoms with Crippen LogP contribution in [0.5, 0.6) is 0 Å². The molecule has 3 aromatic rings. The average Bonchev–Trinajstić information content (AvgIpc) is 2.66. The number of anilines is 1. The summed E-state index contributed by atoms with van der Waals surface area (Å²) in [6.07, 6.45) is 3.29. The zero-order valence-corrected chi connectivity index (χ0v) is 17.5. The molecule has 8 heteroatoms. The predicted octanol–water partition coefficient (Wildman–Crippen LogP) is 4.08. The first-order chi connectivity index (χ1) is 13.7. The molecule has 0 spiro atoms. The quantitative estimate of drug-likeness (QED) is 0.617. The summed E-state index contributed by atoms with van der Waals surface area (Å²) < 4.78 is 28.3. The van der Waals surface area contributed by atoms with Crippen molar-refractivity contribution >= 4 is 33.2 Å². The van der Waals surface area contributed by atoms with E-state index in [1.54, 1.807) is 30.6 Å². The Kier molecular flexibility index (Phi) is 6.20. The van der Waals surface area contributed by atoms with Crippen molar-refractivity contribution in [1.82, 2.24) is 10.3 Å². The first-order valence-electron chi connectivity index (χ1n) is 8.82. The summed E-state index contributed by atoms with van der Waals surface area (Å²) in [6, 6.07) is 13.1. The number of aromatic nitrogens is 1. The number of halogens is 1. The van der Waals surface area contributed by atoms with Crippen LogP contribution in [0.3, 0.4) is 0 Å². The Hall–Kier alpha value is -2.90. The van der Waals surface area contributed by atoms with E-state index in [9.17, 15) is 13.2 Å². The zero-order valence-electron chi connectivity index (χ0n) is 15.9. The van der Waals surface area contributed by atoms with E-state index in [1.165, 1.54) is 18.2 Å². The number of hydrogen-bond donors (Lipinski definition) is 2. The summed E-state index contributed by atoms with van der Waals surface area (Å²) >= 11 is 6.13. The smallest absolute Gasteiger partial charge is 0.263 e. The minimum Gasteiger partial charge on any atom is -0.348 e. The van der Waals surface area contributed by atoms with Gasteiger partial charge in [0.1, 0.15) is 4.90 Å². The molecular formula is C21H20ClN3O3S. The molecule has 0 fully saturated rings. The summed E-state index contributed by atoms with van der Waals surface area (Å²) in [6.45, 7) is 4.04. The highest BCUT2D eigenvalue weighted by Crippen LogP contribution is 2.26. The van der Waals surface area contributed by atoms with Crippen molar-refractivity contribution in [2.45, 2.75) is 25.3 Å². The van der Waals surface area contributed by atoms with Crippen LogP contribution in [0.15, 0.2) is 65.8 Å². The summed E-state index contributed by atoms with van der Waals surface area (Å²) in [4.78, 5) is 16.3. The number of carbonyl (C=O) groups excluding carboxylic acids is 1. The van der Waals surface area contributed by atoms with Gasteiger partial charge in [0.15, 0.2) is 0 Å². The van der Waals surface area contributed by atoms with E-state index in [1.807, 2.05) is 26.0 Å². The third-order valence-corrected chi connectivity index (χ3v) is 6.00. The molecule has 2 aromatic carbocycles. The van der Waals surface area contributed by atoms with Crippen LogP contribution in [0.4, 0.5) is 5.69 Å². The highest BCUT2D eigenvalue weighted by molar-refractivity contribution is 7.92. The molecule has 0 atom stereocenters. The molecule has 0 radical (unpaired) electrons. The van der Waals surface area contributed by atoms with Gasteiger partial charge in [-0.1, -0.05) is 23.7 Å². The topological polar surface area (TPSA) is 88.2 Å². The maximum atomic E-state index is 12.9. The Morgan fingerprint density at radius 2 is 1.79 bits per heavy atom. The second kappa shape index (κ2) is 8.63. The lowest BCUT2D eigenvalue weighted by atomic mass is 10.1. The van der Waals surface area contributed by atoms with Crippen LogP contribution in [0.25, 0.3) is 0 Å². The molecule has 0 aliphatic rings. The number of amides is 1. The van der Waals surface area contributed by atoms with E-state index in [0.29, 0.717) is 5.69 Å². The van der Waals surface area contributed by atoms with Crippen LogP contribution in [-0.2, 0) is 16.6 Å². The number of aryl methyl sites for hydroxylation is 2. The lowest BCUT2D eigenvalue weighted by molar-refractivity contribution is 0.0950. The molecule has 29 heavy (non-hydrogen) atoms. The van der Waals surface area contributed by atoms with Gasteiger partial charge in [-0.2, -0.15) is 0 Å². The maximum Gasteiger partial charge on any atom is 0.263 e. The highest BCUT2D eigenvalue weighted by Gasteiger charge is 2.20. The fourth-order valence-electron chi connectivity index (χ4n) is 2.88. The van der Waals surface area contributed by atoms with E-state index < -0.39 is 15.9 Å². The number of nitrogens with one attached hydrogen (secondary N) is 2. The molecule has 6 nitrogen and oxygen atoms in total. The summed E-state index contributed by atoms with van der Waals surface area (Å²) in [5.74, 6) is -0.409. The van der Waals surface area contributed by atoms with Crippen molar-refractivity contribution in [3.05, 3.63) is 88.2 Å². The van der Waals surface area contributed by atoms with E-state index in [0.717, 1.165) is 16.7 Å². The van der Waals surface area contributed by atoms with E-state index in [-0.39, 0.29) is 22.0 Å². The van der Waals surface area contributed by atoms with E-state index in [4.69, 9.17) is 11.6 Å². The van der Waals surface area contributed by atoms with Crippen LogP contribution in [0.1, 0.15) is 27.0 Å². The van der Waals surface area contributed by atoms with Gasteiger partial charge in [-0.05, 0) is 66.9 Å². The minimum absolute atomic E-state index is 0.0330. The third-order valence-electron chi connectivity index (χ3n) is 4.13. The average molecular weight is 430 g/mol. The number of pyridine rings is 1. The van der Waals surface area contributed by atoms with Gasteiger partial charge in [-0.3, -0.25) is 14.5 Å². The molecule has 0 aliphatic carbocycles. The van der Waals surface area contributed by atoms with Crippen molar-refractivity contribution in [3.63, 3.8) is 0 Å². The van der Waals surface area contributed by atoms with Gasteiger partial charge in [-0.25, -0.2) is 8.42 Å². The van der Waals surface area contributed by atoms with Crippen molar-refractivity contribution in [2.24, 2.45) is 0 Å². The molecule has 1 heterocycles. The molecule has 0 bridgehead atoms. The van der Waals surface area contributed by atoms with E-state index in [2.05, 4.69) is 15.0 Å². The lowest BCUT2D eigenvalue weighted by Gasteiger charge is -2.12. The second-order valence-corrected chi connectivity index (χ2v) is 8.73. The van der Waals surface area contributed by atoms with Crippen LogP contribution < -0.4 is 10.0 Å². The highest BCUT2D eigenvalue weighted by atomic mass is 35.5. The van der Waals surface area contributed by atoms with Gasteiger partial charge in [0.05, 0.1) is 5.02 Å². The summed E-state index contributed by atoms with van der Waals surface area (Å²) in [5, 5.41) is 2.77. The number of nitrogens with zero attached hydrogens (tertiary/aromatic N) is 1. The Morgan fingerprint density at radius 3 is 2.45 bits per heavy atom. The fraction of sp³-hybridized carbons (Fsp3) is 0.143. The number of benzene rings is 2. The van der Waals surface area contributed by atoms with Gasteiger partial charge in [0.25, 0.3) is 15.9 Å². The molecule has 1 amide bonds.